The molecule has 10 aromatic carbocycles. The van der Waals surface area contributed by atoms with E-state index in [1.165, 1.54) is 16.8 Å². The molecule has 612 valence electrons. The SMILES string of the molecule is C=Cc1ccc2c(ccc3onc(C4CCC(=O)CC4=O)c32)c1.C=Cc1ccc2c(ccc3onc(CCC)c32)c1.COCCCC(=O)c1ccc2c(ccc3onc(C4CCC(=O)CC4=O)c32)c1.O=C1CCC(c2noc3ccc4cc(C(=O)O)ccc4c23)C(=O)C1.O=C=O.O=Cc1ccc2c(ccc3onc(C4CCC(=O)CC4=O)c32)c1.[CH3-].[W]. The van der Waals surface area contributed by atoms with Crippen LogP contribution >= 0.6 is 0 Å². The van der Waals surface area contributed by atoms with E-state index in [9.17, 15) is 52.7 Å². The summed E-state index contributed by atoms with van der Waals surface area (Å²) >= 11 is 0. The van der Waals surface area contributed by atoms with Crippen molar-refractivity contribution in [3.63, 3.8) is 0 Å². The van der Waals surface area contributed by atoms with Gasteiger partial charge in [0.2, 0.25) is 0 Å². The molecule has 15 aromatic rings. The van der Waals surface area contributed by atoms with E-state index < -0.39 is 23.7 Å². The van der Waals surface area contributed by atoms with E-state index >= 15 is 0 Å². The average Bonchev–Trinajstić information content (AvgIpc) is 1.65. The van der Waals surface area contributed by atoms with Gasteiger partial charge >= 0.3 is 12.1 Å². The minimum Gasteiger partial charge on any atom is -0.478 e. The molecule has 25 nitrogen and oxygen atoms in total. The van der Waals surface area contributed by atoms with Gasteiger partial charge in [0.1, 0.15) is 75.3 Å². The van der Waals surface area contributed by atoms with E-state index in [1.54, 1.807) is 61.7 Å². The standard InChI is InChI=1S/C22H21NO5.C19H15NO3.C18H13NO5.C18H13NO4.C16H15NO.CO2.CH3.W/c1-27-10-2-3-18(25)14-4-7-16-13(11-14)5-9-20-21(16)22(23-28-20)17-8-6-15(24)12-19(17)26;1-2-11-3-6-14-12(9-11)4-8-17-18(14)19(20-23-17)15-7-5-13(21)10-16(15)22;20-11-3-5-13(14(21)8-11)17-16-12-4-1-10(18(22)23)7-9(12)2-6-15(16)24-19-17;20-9-10-1-4-13-11(7-10)2-6-16-17(13)18(19-23-16)14-5-3-12(21)8-15(14)22;1-3-5-14-16-13-8-6-11(4-2)10-12(13)7-9-15(16)18-17-14;2-1-3;;/h4-5,7,9,11,17H,2-3,6,8,10,12H2,1H3;2-4,6,8-9,15H,1,5,7,10H2;1-2,4,6-7,13H,3,5,8H2,(H,22,23);1-2,4,6-7,9,14H,3,5,8H2;4,6-10H,2-3,5H2,1H3;;1H3;/q;;;;;;-1;. The Labute approximate surface area is 704 Å². The number of ether oxygens (including phenoxy) is 1. The van der Waals surface area contributed by atoms with E-state index in [0.29, 0.717) is 127 Å². The van der Waals surface area contributed by atoms with E-state index in [1.807, 2.05) is 78.9 Å². The first-order valence-corrected chi connectivity index (χ1v) is 38.9. The Morgan fingerprint density at radius 2 is 0.752 bits per heavy atom. The third-order valence-electron chi connectivity index (χ3n) is 22.1. The van der Waals surface area contributed by atoms with Crippen LogP contribution in [0.2, 0.25) is 0 Å². The number of carbonyl (C=O) groups excluding carboxylic acids is 12. The predicted octanol–water partition coefficient (Wildman–Crippen LogP) is 18.8. The fourth-order valence-corrected chi connectivity index (χ4v) is 16.2. The van der Waals surface area contributed by atoms with Crippen LogP contribution in [0.4, 0.5) is 0 Å². The summed E-state index contributed by atoms with van der Waals surface area (Å²) < 4.78 is 32.0. The number of carbonyl (C=O) groups is 11. The van der Waals surface area contributed by atoms with Crippen LogP contribution in [0, 0.1) is 7.43 Å². The minimum absolute atomic E-state index is 0. The molecule has 4 fully saturated rings. The van der Waals surface area contributed by atoms with Crippen molar-refractivity contribution in [3.05, 3.63) is 229 Å². The molecule has 19 rings (SSSR count). The number of methoxy groups -OCH3 is 1. The number of Topliss-reactive ketones (excluding diaryl/α,β-unsaturated/α-hetero) is 9. The molecule has 121 heavy (non-hydrogen) atoms. The van der Waals surface area contributed by atoms with Gasteiger partial charge in [0.15, 0.2) is 33.7 Å². The number of rotatable bonds is 15. The molecular formula is C95H80N5O20W-. The number of aryl methyl sites for hydroxylation is 1. The molecule has 1 N–H and O–H groups in total. The van der Waals surface area contributed by atoms with Gasteiger partial charge in [-0.05, 0) is 170 Å². The topological polar surface area (TPSA) is 382 Å². The maximum Gasteiger partial charge on any atom is 0.373 e. The number of aromatic carboxylic acids is 1. The molecule has 4 aliphatic rings. The fraction of sp³-hybridized carbons (Fsp3) is 0.242. The molecule has 4 atom stereocenters. The maximum absolute atomic E-state index is 12.4. The van der Waals surface area contributed by atoms with Gasteiger partial charge in [0.25, 0.3) is 0 Å². The van der Waals surface area contributed by atoms with Gasteiger partial charge in [-0.2, -0.15) is 9.59 Å². The first kappa shape index (κ1) is 86.9. The van der Waals surface area contributed by atoms with Crippen molar-refractivity contribution in [3.8, 4) is 0 Å². The van der Waals surface area contributed by atoms with Gasteiger partial charge in [0.05, 0.1) is 87.5 Å². The van der Waals surface area contributed by atoms with Crippen molar-refractivity contribution in [2.75, 3.05) is 13.7 Å². The molecule has 4 aliphatic carbocycles. The third kappa shape index (κ3) is 18.4. The molecule has 0 saturated heterocycles. The van der Waals surface area contributed by atoms with Crippen LogP contribution in [0.5, 0.6) is 0 Å². The third-order valence-corrected chi connectivity index (χ3v) is 22.1. The Morgan fingerprint density at radius 1 is 0.446 bits per heavy atom. The van der Waals surface area contributed by atoms with Crippen LogP contribution in [0.1, 0.15) is 198 Å². The largest absolute Gasteiger partial charge is 0.478 e. The molecule has 0 amide bonds. The van der Waals surface area contributed by atoms with E-state index in [0.717, 1.165) is 112 Å². The van der Waals surface area contributed by atoms with Crippen LogP contribution in [0.3, 0.4) is 0 Å². The second kappa shape index (κ2) is 38.5. The number of aldehydes is 1. The normalized spacial score (nSPS) is 16.5. The summed E-state index contributed by atoms with van der Waals surface area (Å²) in [6, 6.07) is 46.9. The summed E-state index contributed by atoms with van der Waals surface area (Å²) in [5, 5.41) is 43.8. The second-order valence-electron chi connectivity index (χ2n) is 29.7. The Kier molecular flexibility index (Phi) is 27.6. The van der Waals surface area contributed by atoms with E-state index in [-0.39, 0.29) is 124 Å². The molecule has 5 heterocycles. The monoisotopic (exact) mass is 1790 g/mol. The van der Waals surface area contributed by atoms with Gasteiger partial charge < -0.3 is 39.9 Å². The van der Waals surface area contributed by atoms with Crippen LogP contribution < -0.4 is 0 Å². The molecule has 5 aromatic heterocycles. The Hall–Kier alpha value is -13.5. The Balaban J connectivity index is 0.000000137. The molecule has 0 aliphatic heterocycles. The summed E-state index contributed by atoms with van der Waals surface area (Å²) in [4.78, 5) is 146. The van der Waals surface area contributed by atoms with Crippen molar-refractivity contribution in [2.24, 2.45) is 0 Å². The zero-order valence-corrected chi connectivity index (χ0v) is 69.2. The van der Waals surface area contributed by atoms with Crippen LogP contribution in [-0.4, -0.2) is 115 Å². The van der Waals surface area contributed by atoms with Crippen molar-refractivity contribution in [1.29, 1.82) is 0 Å². The van der Waals surface area contributed by atoms with Crippen LogP contribution in [0.15, 0.2) is 187 Å². The Morgan fingerprint density at radius 3 is 1.08 bits per heavy atom. The number of fused-ring (bicyclic) bond motifs is 15. The number of carboxylic acids is 1. The summed E-state index contributed by atoms with van der Waals surface area (Å²) in [6.45, 7) is 10.3. The average molecular weight is 1800 g/mol. The van der Waals surface area contributed by atoms with E-state index in [2.05, 4.69) is 70.1 Å². The molecule has 0 radical (unpaired) electrons. The van der Waals surface area contributed by atoms with Gasteiger partial charge in [-0.1, -0.05) is 149 Å². The quantitative estimate of drug-likeness (QED) is 0.0327. The summed E-state index contributed by atoms with van der Waals surface area (Å²) in [7, 11) is 1.62. The van der Waals surface area contributed by atoms with Gasteiger partial charge in [-0.3, -0.25) is 47.9 Å². The summed E-state index contributed by atoms with van der Waals surface area (Å²) in [5.41, 5.74) is 10.4. The van der Waals surface area contributed by atoms with Crippen molar-refractivity contribution >= 4 is 191 Å². The molecule has 4 unspecified atom stereocenters. The predicted molar refractivity (Wildman–Crippen MR) is 447 cm³/mol. The summed E-state index contributed by atoms with van der Waals surface area (Å²) in [5.74, 6) is -3.00. The zero-order chi connectivity index (χ0) is 83.7. The van der Waals surface area contributed by atoms with Gasteiger partial charge in [0, 0.05) is 78.0 Å². The van der Waals surface area contributed by atoms with Crippen molar-refractivity contribution < 1.29 is 116 Å². The van der Waals surface area contributed by atoms with Gasteiger partial charge in [-0.15, -0.1) is 0 Å². The number of hydrogen-bond acceptors (Lipinski definition) is 24. The number of hydrogen-bond donors (Lipinski definition) is 1. The number of aromatic nitrogens is 5. The molecule has 0 spiro atoms. The Bertz CT molecular complexity index is 6550. The van der Waals surface area contributed by atoms with Crippen molar-refractivity contribution in [2.45, 2.75) is 133 Å². The molecular weight excluding hydrogens is 1710 g/mol. The first-order valence-electron chi connectivity index (χ1n) is 38.9. The number of benzene rings is 10. The van der Waals surface area contributed by atoms with Crippen LogP contribution in [-0.2, 0) is 80.2 Å². The number of ketones is 9. The summed E-state index contributed by atoms with van der Waals surface area (Å²) in [6.07, 6.45) is 11.2. The van der Waals surface area contributed by atoms with Crippen LogP contribution in [0.25, 0.3) is 121 Å². The van der Waals surface area contributed by atoms with E-state index in [4.69, 9.17) is 42.0 Å². The molecule has 4 saturated carbocycles. The number of carboxylic acid groups (broad SMARTS) is 1. The fourth-order valence-electron chi connectivity index (χ4n) is 16.2. The zero-order valence-electron chi connectivity index (χ0n) is 66.3. The van der Waals surface area contributed by atoms with Gasteiger partial charge in [-0.25, -0.2) is 4.79 Å². The molecule has 0 bridgehead atoms. The second-order valence-corrected chi connectivity index (χ2v) is 29.7. The smallest absolute Gasteiger partial charge is 0.373 e. The minimum atomic E-state index is -0.997. The molecule has 26 heteroatoms. The first-order chi connectivity index (χ1) is 57.7. The number of nitrogens with zero attached hydrogens (tertiary/aromatic N) is 5. The maximum atomic E-state index is 12.4. The van der Waals surface area contributed by atoms with Crippen molar-refractivity contribution in [1.82, 2.24) is 25.8 Å².